The fourth-order valence-electron chi connectivity index (χ4n) is 5.70. The maximum absolute atomic E-state index is 8.88. The number of hydrogen-bond acceptors (Lipinski definition) is 22. The van der Waals surface area contributed by atoms with Gasteiger partial charge < -0.3 is 66.3 Å². The van der Waals surface area contributed by atoms with Crippen molar-refractivity contribution in [3.63, 3.8) is 0 Å². The van der Waals surface area contributed by atoms with Crippen molar-refractivity contribution in [1.29, 1.82) is 0 Å². The van der Waals surface area contributed by atoms with E-state index < -0.39 is 7.82 Å². The summed E-state index contributed by atoms with van der Waals surface area (Å²) in [6, 6.07) is 28.5. The second-order valence-corrected chi connectivity index (χ2v) is 13.4. The second-order valence-electron chi connectivity index (χ2n) is 12.4. The van der Waals surface area contributed by atoms with Gasteiger partial charge in [-0.25, -0.2) is 19.5 Å². The number of hydrogen-bond donors (Lipinski definition) is 12. The fraction of sp³-hybridized carbons (Fsp3) is 0. The number of nitrogens with two attached hydrogens (primary N) is 9. The van der Waals surface area contributed by atoms with Crippen molar-refractivity contribution in [2.24, 2.45) is 0 Å². The molecule has 9 aromatic rings. The molecule has 0 aliphatic carbocycles. The van der Waals surface area contributed by atoms with Crippen molar-refractivity contribution in [2.45, 2.75) is 0 Å². The first-order valence-electron chi connectivity index (χ1n) is 17.5. The van der Waals surface area contributed by atoms with Gasteiger partial charge in [-0.15, -0.1) is 0 Å². The zero-order valence-corrected chi connectivity index (χ0v) is 32.8. The highest BCUT2D eigenvalue weighted by Gasteiger charge is 2.17. The SMILES string of the molecule is Nc1nc(N)c2c(-c3ccccc3)nc(N)nc2n1.Nc1nc(N)c2c(-c3ccccc3)nc(N)nc2n1.Nc1nc(N)c2c(-c3ccccc3)nc(N)nc2n1.O=P(O)(O)O. The third-order valence-electron chi connectivity index (χ3n) is 8.00. The normalized spacial score (nSPS) is 10.8. The van der Waals surface area contributed by atoms with Crippen molar-refractivity contribution in [2.75, 3.05) is 51.6 Å². The average molecular weight is 858 g/mol. The average Bonchev–Trinajstić information content (AvgIpc) is 3.20. The monoisotopic (exact) mass is 857 g/mol. The number of rotatable bonds is 3. The van der Waals surface area contributed by atoms with Crippen LogP contribution in [0.4, 0.5) is 53.1 Å². The Balaban J connectivity index is 0.000000147. The van der Waals surface area contributed by atoms with Crippen molar-refractivity contribution in [3.05, 3.63) is 91.0 Å². The van der Waals surface area contributed by atoms with Gasteiger partial charge in [0, 0.05) is 16.7 Å². The summed E-state index contributed by atoms with van der Waals surface area (Å²) in [5.41, 5.74) is 56.9. The van der Waals surface area contributed by atoms with Gasteiger partial charge in [-0.05, 0) is 0 Å². The second kappa shape index (κ2) is 18.0. The molecule has 0 aliphatic heterocycles. The van der Waals surface area contributed by atoms with Gasteiger partial charge in [0.05, 0.1) is 33.2 Å². The number of anilines is 9. The van der Waals surface area contributed by atoms with E-state index in [0.717, 1.165) is 16.7 Å². The Kier molecular flexibility index (Phi) is 12.4. The standard InChI is InChI=1S/3C12H11N7.H3O4P/c3*13-9-7-8(6-4-2-1-3-5-6)16-11(14)18-10(7)19-12(15)17-9;1-5(2,3)4/h3*1-5H,(H6,13,14,15,16,17,18,19);(H3,1,2,3,4). The number of nitrogen functional groups attached to an aromatic ring is 9. The molecule has 26 heteroatoms. The highest BCUT2D eigenvalue weighted by Crippen LogP contribution is 2.32. The van der Waals surface area contributed by atoms with Crippen LogP contribution in [0.25, 0.3) is 66.9 Å². The van der Waals surface area contributed by atoms with E-state index in [1.165, 1.54) is 0 Å². The van der Waals surface area contributed by atoms with Crippen LogP contribution in [-0.2, 0) is 4.57 Å². The van der Waals surface area contributed by atoms with E-state index >= 15 is 0 Å². The fourth-order valence-corrected chi connectivity index (χ4v) is 5.70. The van der Waals surface area contributed by atoms with Crippen molar-refractivity contribution < 1.29 is 19.2 Å². The summed E-state index contributed by atoms with van der Waals surface area (Å²) in [7, 11) is -4.64. The Morgan fingerprint density at radius 1 is 0.323 bits per heavy atom. The van der Waals surface area contributed by atoms with E-state index in [1.807, 2.05) is 91.0 Å². The van der Waals surface area contributed by atoms with Crippen LogP contribution in [-0.4, -0.2) is 74.5 Å². The van der Waals surface area contributed by atoms with Gasteiger partial charge in [0.15, 0.2) is 16.9 Å². The molecule has 0 atom stereocenters. The van der Waals surface area contributed by atoms with Gasteiger partial charge in [-0.1, -0.05) is 91.0 Å². The number of aromatic nitrogens is 12. The molecule has 0 aliphatic rings. The third-order valence-corrected chi connectivity index (χ3v) is 8.00. The first-order chi connectivity index (χ1) is 29.4. The van der Waals surface area contributed by atoms with Crippen LogP contribution in [0.15, 0.2) is 91.0 Å². The number of benzene rings is 3. The van der Waals surface area contributed by atoms with Crippen LogP contribution in [0.2, 0.25) is 0 Å². The maximum atomic E-state index is 8.88. The van der Waals surface area contributed by atoms with Gasteiger partial charge in [0.1, 0.15) is 17.5 Å². The van der Waals surface area contributed by atoms with E-state index in [1.54, 1.807) is 0 Å². The van der Waals surface area contributed by atoms with Gasteiger partial charge in [0.25, 0.3) is 0 Å². The molecule has 0 saturated heterocycles. The molecular formula is C36H36N21O4P. The summed E-state index contributed by atoms with van der Waals surface area (Å²) < 4.78 is 8.88. The molecule has 9 rings (SSSR count). The van der Waals surface area contributed by atoms with Crippen LogP contribution in [0.5, 0.6) is 0 Å². The van der Waals surface area contributed by atoms with Crippen LogP contribution >= 0.6 is 7.82 Å². The molecule has 21 N–H and O–H groups in total. The molecule has 0 amide bonds. The van der Waals surface area contributed by atoms with E-state index in [4.69, 9.17) is 70.8 Å². The number of fused-ring (bicyclic) bond motifs is 3. The lowest BCUT2D eigenvalue weighted by molar-refractivity contribution is 0.275. The van der Waals surface area contributed by atoms with Gasteiger partial charge >= 0.3 is 7.82 Å². The first kappa shape index (κ1) is 42.8. The Labute approximate surface area is 348 Å². The molecule has 0 unspecified atom stereocenters. The summed E-state index contributed by atoms with van der Waals surface area (Å²) in [6.07, 6.45) is 0. The minimum absolute atomic E-state index is 0.0575. The van der Waals surface area contributed by atoms with Crippen molar-refractivity contribution in [1.82, 2.24) is 59.8 Å². The highest BCUT2D eigenvalue weighted by molar-refractivity contribution is 7.45. The molecule has 6 heterocycles. The molecule has 25 nitrogen and oxygen atoms in total. The third kappa shape index (κ3) is 10.4. The number of phosphoric acid groups is 1. The first-order valence-corrected chi connectivity index (χ1v) is 19.0. The molecule has 6 aromatic heterocycles. The van der Waals surface area contributed by atoms with Gasteiger partial charge in [-0.3, -0.25) is 0 Å². The summed E-state index contributed by atoms with van der Waals surface area (Å²) in [5, 5.41) is 1.65. The number of nitrogens with zero attached hydrogens (tertiary/aromatic N) is 12. The van der Waals surface area contributed by atoms with E-state index in [9.17, 15) is 0 Å². The Morgan fingerprint density at radius 3 is 0.726 bits per heavy atom. The molecule has 0 fully saturated rings. The summed E-state index contributed by atoms with van der Waals surface area (Å²) in [5.74, 6) is 1.23. The maximum Gasteiger partial charge on any atom is 0.466 e. The lowest BCUT2D eigenvalue weighted by Crippen LogP contribution is -2.06. The molecule has 0 spiro atoms. The minimum atomic E-state index is -4.64. The Hall–Kier alpha value is -8.77. The minimum Gasteiger partial charge on any atom is -0.383 e. The van der Waals surface area contributed by atoms with Crippen molar-refractivity contribution in [3.8, 4) is 33.8 Å². The molecule has 0 bridgehead atoms. The molecule has 62 heavy (non-hydrogen) atoms. The topological polar surface area (TPSA) is 467 Å². The van der Waals surface area contributed by atoms with Crippen molar-refractivity contribution >= 4 is 94.1 Å². The zero-order valence-electron chi connectivity index (χ0n) is 31.9. The lowest BCUT2D eigenvalue weighted by Gasteiger charge is -2.08. The van der Waals surface area contributed by atoms with E-state index in [0.29, 0.717) is 50.2 Å². The van der Waals surface area contributed by atoms with Gasteiger partial charge in [-0.2, -0.15) is 44.9 Å². The zero-order chi connectivity index (χ0) is 44.7. The molecule has 314 valence electrons. The lowest BCUT2D eigenvalue weighted by atomic mass is 10.1. The molecule has 0 radical (unpaired) electrons. The van der Waals surface area contributed by atoms with E-state index in [-0.39, 0.29) is 53.1 Å². The quantitative estimate of drug-likeness (QED) is 0.112. The Bertz CT molecular complexity index is 2760. The summed E-state index contributed by atoms with van der Waals surface area (Å²) >= 11 is 0. The highest BCUT2D eigenvalue weighted by atomic mass is 31.2. The van der Waals surface area contributed by atoms with Gasteiger partial charge in [0.2, 0.25) is 35.7 Å². The predicted molar refractivity (Wildman–Crippen MR) is 236 cm³/mol. The van der Waals surface area contributed by atoms with Crippen LogP contribution in [0, 0.1) is 0 Å². The smallest absolute Gasteiger partial charge is 0.383 e. The summed E-state index contributed by atoms with van der Waals surface area (Å²) in [4.78, 5) is 70.3. The van der Waals surface area contributed by atoms with E-state index in [2.05, 4.69) is 59.8 Å². The Morgan fingerprint density at radius 2 is 0.516 bits per heavy atom. The molecule has 0 saturated carbocycles. The molecule has 3 aromatic carbocycles. The van der Waals surface area contributed by atoms with Crippen LogP contribution in [0.3, 0.4) is 0 Å². The predicted octanol–water partition coefficient (Wildman–Crippen LogP) is 1.57. The molecular weight excluding hydrogens is 822 g/mol. The summed E-state index contributed by atoms with van der Waals surface area (Å²) in [6.45, 7) is 0. The van der Waals surface area contributed by atoms with Crippen LogP contribution in [0.1, 0.15) is 0 Å². The van der Waals surface area contributed by atoms with Crippen LogP contribution < -0.4 is 51.6 Å². The largest absolute Gasteiger partial charge is 0.466 e.